The first-order valence-electron chi connectivity index (χ1n) is 14.2. The average Bonchev–Trinajstić information content (AvgIpc) is 3.62. The van der Waals surface area contributed by atoms with E-state index in [1.165, 1.54) is 19.2 Å². The molecule has 3 aromatic rings. The molecule has 232 valence electrons. The van der Waals surface area contributed by atoms with Crippen LogP contribution in [0.4, 0.5) is 16.2 Å². The zero-order valence-electron chi connectivity index (χ0n) is 25.3. The summed E-state index contributed by atoms with van der Waals surface area (Å²) in [4.78, 5) is 40.8. The van der Waals surface area contributed by atoms with E-state index in [0.29, 0.717) is 59.7 Å². The molecule has 1 unspecified atom stereocenters. The molecule has 3 amide bonds. The fourth-order valence-corrected chi connectivity index (χ4v) is 6.99. The van der Waals surface area contributed by atoms with Crippen molar-refractivity contribution in [3.63, 3.8) is 0 Å². The number of benzene rings is 3. The van der Waals surface area contributed by atoms with Gasteiger partial charge in [-0.3, -0.25) is 14.9 Å². The number of likely N-dealkylation sites (tertiary alicyclic amines) is 1. The molecule has 3 aromatic carbocycles. The highest BCUT2D eigenvalue weighted by molar-refractivity contribution is 7.90. The SMILES string of the molecule is COC(=O)Nc1ccc(S(C)(=O)=O)c([C@H]2CCCN2C(=O)C(Nc2cc(C)c3c(c2)C(=O)NC3)c2ccc(OC)c(C)c2)c1. The minimum Gasteiger partial charge on any atom is -0.496 e. The molecule has 1 saturated heterocycles. The van der Waals surface area contributed by atoms with Gasteiger partial charge in [-0.15, -0.1) is 0 Å². The van der Waals surface area contributed by atoms with Crippen LogP contribution in [-0.4, -0.2) is 58.2 Å². The molecule has 12 heteroatoms. The summed E-state index contributed by atoms with van der Waals surface area (Å²) in [6.45, 7) is 4.68. The summed E-state index contributed by atoms with van der Waals surface area (Å²) in [6, 6.07) is 12.3. The minimum absolute atomic E-state index is 0.0858. The lowest BCUT2D eigenvalue weighted by molar-refractivity contribution is -0.133. The molecule has 2 heterocycles. The Hall–Kier alpha value is -4.58. The van der Waals surface area contributed by atoms with Crippen LogP contribution in [0.2, 0.25) is 0 Å². The summed E-state index contributed by atoms with van der Waals surface area (Å²) >= 11 is 0. The van der Waals surface area contributed by atoms with Crippen LogP contribution in [0.3, 0.4) is 0 Å². The van der Waals surface area contributed by atoms with Crippen LogP contribution in [0.1, 0.15) is 63.1 Å². The maximum atomic E-state index is 14.6. The fourth-order valence-electron chi connectivity index (χ4n) is 6.05. The Morgan fingerprint density at radius 1 is 1.02 bits per heavy atom. The highest BCUT2D eigenvalue weighted by Crippen LogP contribution is 2.40. The molecule has 0 radical (unpaired) electrons. The van der Waals surface area contributed by atoms with E-state index in [9.17, 15) is 22.8 Å². The summed E-state index contributed by atoms with van der Waals surface area (Å²) in [5.41, 5.74) is 5.33. The van der Waals surface area contributed by atoms with Crippen molar-refractivity contribution in [2.24, 2.45) is 0 Å². The van der Waals surface area contributed by atoms with Crippen LogP contribution in [-0.2, 0) is 25.9 Å². The molecule has 0 aromatic heterocycles. The summed E-state index contributed by atoms with van der Waals surface area (Å²) in [6.07, 6.45) is 1.61. The Balaban J connectivity index is 1.57. The quantitative estimate of drug-likeness (QED) is 0.330. The molecule has 3 N–H and O–H groups in total. The van der Waals surface area contributed by atoms with Crippen molar-refractivity contribution in [2.45, 2.75) is 50.2 Å². The number of rotatable bonds is 8. The van der Waals surface area contributed by atoms with E-state index in [0.717, 1.165) is 22.9 Å². The third-order valence-corrected chi connectivity index (χ3v) is 9.36. The van der Waals surface area contributed by atoms with Crippen molar-refractivity contribution in [1.29, 1.82) is 0 Å². The van der Waals surface area contributed by atoms with Gasteiger partial charge in [0.05, 0.1) is 25.2 Å². The van der Waals surface area contributed by atoms with Crippen molar-refractivity contribution in [3.05, 3.63) is 81.9 Å². The van der Waals surface area contributed by atoms with Crippen molar-refractivity contribution in [1.82, 2.24) is 10.2 Å². The lowest BCUT2D eigenvalue weighted by atomic mass is 9.98. The van der Waals surface area contributed by atoms with Crippen LogP contribution in [0.25, 0.3) is 0 Å². The standard InChI is InChI=1S/C32H36N4O7S/c1-18-14-22(16-23-25(18)17-33-30(23)37)34-29(20-8-10-27(42-3)19(2)13-20)31(38)36-12-6-7-26(36)24-15-21(35-32(39)43-4)9-11-28(24)44(5,40)41/h8-11,13-16,26,29,34H,6-7,12,17H2,1-5H3,(H,33,37)(H,35,39)/t26-,29?/m1/s1. The van der Waals surface area contributed by atoms with Crippen LogP contribution in [0, 0.1) is 13.8 Å². The number of anilines is 2. The average molecular weight is 621 g/mol. The summed E-state index contributed by atoms with van der Waals surface area (Å²) in [5, 5.41) is 8.82. The molecule has 0 spiro atoms. The molecule has 2 atom stereocenters. The van der Waals surface area contributed by atoms with Gasteiger partial charge in [-0.1, -0.05) is 6.07 Å². The van der Waals surface area contributed by atoms with E-state index < -0.39 is 28.0 Å². The molecular formula is C32H36N4O7S. The van der Waals surface area contributed by atoms with Crippen molar-refractivity contribution in [2.75, 3.05) is 37.7 Å². The number of carbonyl (C=O) groups is 3. The van der Waals surface area contributed by atoms with Crippen LogP contribution < -0.4 is 20.7 Å². The predicted molar refractivity (Wildman–Crippen MR) is 166 cm³/mol. The molecule has 0 saturated carbocycles. The number of carbonyl (C=O) groups excluding carboxylic acids is 3. The van der Waals surface area contributed by atoms with Crippen molar-refractivity contribution in [3.8, 4) is 5.75 Å². The van der Waals surface area contributed by atoms with Gasteiger partial charge in [0.25, 0.3) is 5.91 Å². The van der Waals surface area contributed by atoms with E-state index in [-0.39, 0.29) is 16.7 Å². The highest BCUT2D eigenvalue weighted by atomic mass is 32.2. The summed E-state index contributed by atoms with van der Waals surface area (Å²) < 4.78 is 35.9. The Labute approximate surface area is 256 Å². The van der Waals surface area contributed by atoms with E-state index in [4.69, 9.17) is 9.47 Å². The van der Waals surface area contributed by atoms with Crippen LogP contribution >= 0.6 is 0 Å². The number of aryl methyl sites for hydroxylation is 2. The zero-order valence-corrected chi connectivity index (χ0v) is 26.1. The van der Waals surface area contributed by atoms with Gasteiger partial charge in [0, 0.05) is 36.3 Å². The Morgan fingerprint density at radius 3 is 2.48 bits per heavy atom. The topological polar surface area (TPSA) is 143 Å². The maximum Gasteiger partial charge on any atom is 0.411 e. The molecule has 2 aliphatic heterocycles. The zero-order chi connectivity index (χ0) is 31.8. The molecule has 11 nitrogen and oxygen atoms in total. The van der Waals surface area contributed by atoms with Gasteiger partial charge in [-0.05, 0) is 97.0 Å². The first-order chi connectivity index (χ1) is 20.9. The smallest absolute Gasteiger partial charge is 0.411 e. The van der Waals surface area contributed by atoms with E-state index >= 15 is 0 Å². The van der Waals surface area contributed by atoms with E-state index in [1.807, 2.05) is 32.0 Å². The number of fused-ring (bicyclic) bond motifs is 1. The number of methoxy groups -OCH3 is 2. The fraction of sp³-hybridized carbons (Fsp3) is 0.344. The van der Waals surface area contributed by atoms with Crippen LogP contribution in [0.5, 0.6) is 5.75 Å². The minimum atomic E-state index is -3.67. The summed E-state index contributed by atoms with van der Waals surface area (Å²) in [7, 11) is -0.851. The largest absolute Gasteiger partial charge is 0.496 e. The normalized spacial score (nSPS) is 16.6. The third kappa shape index (κ3) is 6.07. The number of amides is 3. The van der Waals surface area contributed by atoms with Crippen molar-refractivity contribution >= 4 is 39.1 Å². The highest BCUT2D eigenvalue weighted by Gasteiger charge is 2.37. The number of hydrogen-bond donors (Lipinski definition) is 3. The summed E-state index contributed by atoms with van der Waals surface area (Å²) in [5.74, 6) is 0.255. The monoisotopic (exact) mass is 620 g/mol. The second kappa shape index (κ2) is 12.2. The van der Waals surface area contributed by atoms with Crippen molar-refractivity contribution < 1.29 is 32.3 Å². The second-order valence-electron chi connectivity index (χ2n) is 11.1. The van der Waals surface area contributed by atoms with Gasteiger partial charge in [-0.25, -0.2) is 13.2 Å². The lowest BCUT2D eigenvalue weighted by Crippen LogP contribution is -2.38. The van der Waals surface area contributed by atoms with Gasteiger partial charge in [-0.2, -0.15) is 0 Å². The van der Waals surface area contributed by atoms with Crippen LogP contribution in [0.15, 0.2) is 53.4 Å². The number of nitrogens with one attached hydrogen (secondary N) is 3. The predicted octanol–water partition coefficient (Wildman–Crippen LogP) is 4.65. The number of sulfone groups is 1. The molecular weight excluding hydrogens is 584 g/mol. The molecule has 0 bridgehead atoms. The Kier molecular flexibility index (Phi) is 8.55. The molecule has 0 aliphatic carbocycles. The number of hydrogen-bond acceptors (Lipinski definition) is 8. The first kappa shape index (κ1) is 30.9. The van der Waals surface area contributed by atoms with Gasteiger partial charge in [0.1, 0.15) is 11.8 Å². The van der Waals surface area contributed by atoms with E-state index in [2.05, 4.69) is 16.0 Å². The lowest BCUT2D eigenvalue weighted by Gasteiger charge is -2.31. The van der Waals surface area contributed by atoms with Gasteiger partial charge in [0.15, 0.2) is 9.84 Å². The molecule has 1 fully saturated rings. The van der Waals surface area contributed by atoms with Gasteiger partial charge < -0.3 is 25.0 Å². The molecule has 2 aliphatic rings. The van der Waals surface area contributed by atoms with E-state index in [1.54, 1.807) is 30.2 Å². The van der Waals surface area contributed by atoms with Gasteiger partial charge in [0.2, 0.25) is 5.91 Å². The Morgan fingerprint density at radius 2 is 1.80 bits per heavy atom. The third-order valence-electron chi connectivity index (χ3n) is 8.19. The van der Waals surface area contributed by atoms with Gasteiger partial charge >= 0.3 is 6.09 Å². The number of ether oxygens (including phenoxy) is 2. The maximum absolute atomic E-state index is 14.6. The molecule has 5 rings (SSSR count). The Bertz CT molecular complexity index is 1760. The second-order valence-corrected chi connectivity index (χ2v) is 13.1. The molecule has 44 heavy (non-hydrogen) atoms. The number of nitrogens with zero attached hydrogens (tertiary/aromatic N) is 1. The first-order valence-corrected chi connectivity index (χ1v) is 16.1.